The first-order valence-corrected chi connectivity index (χ1v) is 6.95. The van der Waals surface area contributed by atoms with Crippen LogP contribution in [0, 0.1) is 11.3 Å². The molecule has 0 rings (SSSR count). The number of rotatable bonds is 5. The molecule has 0 aromatic heterocycles. The van der Waals surface area contributed by atoms with Crippen molar-refractivity contribution in [1.29, 1.82) is 0 Å². The molecule has 0 aromatic carbocycles. The van der Waals surface area contributed by atoms with Gasteiger partial charge in [0.1, 0.15) is 0 Å². The Hall–Kier alpha value is -0.350. The third-order valence-electron chi connectivity index (χ3n) is 2.26. The normalized spacial score (nSPS) is 15.8. The summed E-state index contributed by atoms with van der Waals surface area (Å²) in [6.45, 7) is 8.63. The largest absolute Gasteiger partial charge is 0.270 e. The highest BCUT2D eigenvalue weighted by molar-refractivity contribution is 7.85. The van der Waals surface area contributed by atoms with E-state index >= 15 is 0 Å². The van der Waals surface area contributed by atoms with Gasteiger partial charge in [0.2, 0.25) is 0 Å². The zero-order valence-electron chi connectivity index (χ0n) is 10.3. The van der Waals surface area contributed by atoms with Gasteiger partial charge in [0.15, 0.2) is 0 Å². The fourth-order valence-electron chi connectivity index (χ4n) is 1.38. The molecular formula is C11H22O3S. The van der Waals surface area contributed by atoms with Crippen molar-refractivity contribution in [3.05, 3.63) is 12.2 Å². The second-order valence-corrected chi connectivity index (χ2v) is 6.46. The Morgan fingerprint density at radius 1 is 1.33 bits per heavy atom. The van der Waals surface area contributed by atoms with Crippen LogP contribution < -0.4 is 0 Å². The average Bonchev–Trinajstić information content (AvgIpc) is 1.98. The van der Waals surface area contributed by atoms with Crippen molar-refractivity contribution in [2.45, 2.75) is 34.1 Å². The molecule has 0 saturated carbocycles. The molecule has 0 aliphatic carbocycles. The molecule has 0 radical (unpaired) electrons. The topological polar surface area (TPSA) is 43.4 Å². The molecule has 0 aliphatic heterocycles. The van der Waals surface area contributed by atoms with Crippen molar-refractivity contribution in [3.8, 4) is 0 Å². The third kappa shape index (κ3) is 7.56. The smallest absolute Gasteiger partial charge is 0.264 e. The summed E-state index contributed by atoms with van der Waals surface area (Å²) in [5.41, 5.74) is 0.132. The van der Waals surface area contributed by atoms with Crippen molar-refractivity contribution in [2.75, 3.05) is 12.9 Å². The molecule has 1 atom stereocenters. The summed E-state index contributed by atoms with van der Waals surface area (Å²) in [5.74, 6) is 0.337. The minimum absolute atomic E-state index is 0.132. The molecule has 3 nitrogen and oxygen atoms in total. The highest BCUT2D eigenvalue weighted by Gasteiger charge is 2.22. The van der Waals surface area contributed by atoms with Crippen LogP contribution in [0.4, 0.5) is 0 Å². The SMILES string of the molecule is C/C=C/[C@H](CCOS(C)(=O)=O)C(C)(C)C. The van der Waals surface area contributed by atoms with E-state index in [-0.39, 0.29) is 12.0 Å². The van der Waals surface area contributed by atoms with Crippen molar-refractivity contribution >= 4 is 10.1 Å². The third-order valence-corrected chi connectivity index (χ3v) is 2.86. The molecule has 0 amide bonds. The molecule has 0 bridgehead atoms. The van der Waals surface area contributed by atoms with Crippen LogP contribution in [0.25, 0.3) is 0 Å². The van der Waals surface area contributed by atoms with Gasteiger partial charge in [0.05, 0.1) is 12.9 Å². The Morgan fingerprint density at radius 3 is 2.20 bits per heavy atom. The lowest BCUT2D eigenvalue weighted by Gasteiger charge is -2.27. The first-order chi connectivity index (χ1) is 6.67. The summed E-state index contributed by atoms with van der Waals surface area (Å²) < 4.78 is 26.3. The van der Waals surface area contributed by atoms with Crippen LogP contribution in [0.1, 0.15) is 34.1 Å². The van der Waals surface area contributed by atoms with E-state index < -0.39 is 10.1 Å². The van der Waals surface area contributed by atoms with Crippen LogP contribution in [0.2, 0.25) is 0 Å². The number of hydrogen-bond donors (Lipinski definition) is 0. The highest BCUT2D eigenvalue weighted by Crippen LogP contribution is 2.29. The number of allylic oxidation sites excluding steroid dienone is 2. The minimum Gasteiger partial charge on any atom is -0.270 e. The average molecular weight is 234 g/mol. The van der Waals surface area contributed by atoms with Gasteiger partial charge >= 0.3 is 0 Å². The van der Waals surface area contributed by atoms with Gasteiger partial charge in [-0.1, -0.05) is 32.9 Å². The fraction of sp³-hybridized carbons (Fsp3) is 0.818. The van der Waals surface area contributed by atoms with Crippen LogP contribution >= 0.6 is 0 Å². The molecule has 0 aliphatic rings. The predicted octanol–water partition coefficient (Wildman–Crippen LogP) is 2.59. The Bertz CT molecular complexity index is 296. The maximum absolute atomic E-state index is 10.8. The van der Waals surface area contributed by atoms with Gasteiger partial charge in [0.25, 0.3) is 10.1 Å². The Morgan fingerprint density at radius 2 is 1.87 bits per heavy atom. The van der Waals surface area contributed by atoms with Crippen LogP contribution in [0.15, 0.2) is 12.2 Å². The molecule has 0 fully saturated rings. The summed E-state index contributed by atoms with van der Waals surface area (Å²) >= 11 is 0. The predicted molar refractivity (Wildman–Crippen MR) is 63.2 cm³/mol. The molecule has 15 heavy (non-hydrogen) atoms. The quantitative estimate of drug-likeness (QED) is 0.542. The molecular weight excluding hydrogens is 212 g/mol. The van der Waals surface area contributed by atoms with Gasteiger partial charge in [0, 0.05) is 0 Å². The van der Waals surface area contributed by atoms with E-state index in [9.17, 15) is 8.42 Å². The van der Waals surface area contributed by atoms with Gasteiger partial charge in [-0.05, 0) is 24.7 Å². The minimum atomic E-state index is -3.30. The van der Waals surface area contributed by atoms with E-state index in [4.69, 9.17) is 4.18 Å². The summed E-state index contributed by atoms with van der Waals surface area (Å²) in [6, 6.07) is 0. The second-order valence-electron chi connectivity index (χ2n) is 4.81. The Kier molecular flexibility index (Phi) is 5.53. The molecule has 0 saturated heterocycles. The standard InChI is InChI=1S/C11H22O3S/c1-6-7-10(11(2,3)4)8-9-14-15(5,12)13/h6-7,10H,8-9H2,1-5H3/b7-6+/t10-/m1/s1. The molecule has 4 heteroatoms. The molecule has 0 spiro atoms. The summed E-state index contributed by atoms with van der Waals surface area (Å²) in [7, 11) is -3.30. The van der Waals surface area contributed by atoms with Gasteiger partial charge in [-0.25, -0.2) is 0 Å². The van der Waals surface area contributed by atoms with Gasteiger partial charge in [-0.15, -0.1) is 0 Å². The lowest BCUT2D eigenvalue weighted by molar-refractivity contribution is 0.224. The summed E-state index contributed by atoms with van der Waals surface area (Å²) in [6.07, 6.45) is 5.90. The lowest BCUT2D eigenvalue weighted by atomic mass is 9.79. The van der Waals surface area contributed by atoms with E-state index in [1.807, 2.05) is 13.0 Å². The molecule has 0 N–H and O–H groups in total. The van der Waals surface area contributed by atoms with E-state index in [1.165, 1.54) is 0 Å². The van der Waals surface area contributed by atoms with Gasteiger partial charge in [-0.3, -0.25) is 4.18 Å². The molecule has 0 heterocycles. The summed E-state index contributed by atoms with van der Waals surface area (Å²) in [5, 5.41) is 0. The zero-order chi connectivity index (χ0) is 12.1. The fourth-order valence-corrected chi connectivity index (χ4v) is 1.78. The van der Waals surface area contributed by atoms with Crippen LogP contribution in [-0.4, -0.2) is 21.3 Å². The van der Waals surface area contributed by atoms with E-state index in [0.717, 1.165) is 12.7 Å². The van der Waals surface area contributed by atoms with Crippen LogP contribution in [0.5, 0.6) is 0 Å². The Labute approximate surface area is 93.6 Å². The van der Waals surface area contributed by atoms with Crippen LogP contribution in [-0.2, 0) is 14.3 Å². The highest BCUT2D eigenvalue weighted by atomic mass is 32.2. The maximum Gasteiger partial charge on any atom is 0.264 e. The maximum atomic E-state index is 10.8. The number of hydrogen-bond acceptors (Lipinski definition) is 3. The summed E-state index contributed by atoms with van der Waals surface area (Å²) in [4.78, 5) is 0. The first kappa shape index (κ1) is 14.6. The van der Waals surface area contributed by atoms with Crippen molar-refractivity contribution in [3.63, 3.8) is 0 Å². The van der Waals surface area contributed by atoms with Crippen LogP contribution in [0.3, 0.4) is 0 Å². The van der Waals surface area contributed by atoms with E-state index in [1.54, 1.807) is 0 Å². The molecule has 90 valence electrons. The van der Waals surface area contributed by atoms with E-state index in [0.29, 0.717) is 5.92 Å². The second kappa shape index (κ2) is 5.66. The van der Waals surface area contributed by atoms with Crippen molar-refractivity contribution < 1.29 is 12.6 Å². The van der Waals surface area contributed by atoms with Crippen molar-refractivity contribution in [2.24, 2.45) is 11.3 Å². The zero-order valence-corrected chi connectivity index (χ0v) is 11.1. The molecule has 0 unspecified atom stereocenters. The monoisotopic (exact) mass is 234 g/mol. The van der Waals surface area contributed by atoms with Crippen molar-refractivity contribution in [1.82, 2.24) is 0 Å². The van der Waals surface area contributed by atoms with E-state index in [2.05, 4.69) is 26.8 Å². The molecule has 0 aromatic rings. The van der Waals surface area contributed by atoms with Gasteiger partial charge < -0.3 is 0 Å². The Balaban J connectivity index is 4.22. The van der Waals surface area contributed by atoms with Gasteiger partial charge in [-0.2, -0.15) is 8.42 Å². The lowest BCUT2D eigenvalue weighted by Crippen LogP contribution is -2.20. The first-order valence-electron chi connectivity index (χ1n) is 5.14.